The Labute approximate surface area is 144 Å². The van der Waals surface area contributed by atoms with E-state index in [1.807, 2.05) is 26.0 Å². The van der Waals surface area contributed by atoms with E-state index >= 15 is 0 Å². The van der Waals surface area contributed by atoms with Crippen LogP contribution < -0.4 is 0 Å². The molecular formula is C19H28N4O. The molecule has 0 amide bonds. The maximum atomic E-state index is 10.8. The average molecular weight is 328 g/mol. The molecule has 2 rings (SSSR count). The summed E-state index contributed by atoms with van der Waals surface area (Å²) in [6, 6.07) is 4.01. The Balaban J connectivity index is 2.59. The first-order valence-corrected chi connectivity index (χ1v) is 8.22. The van der Waals surface area contributed by atoms with Crippen molar-refractivity contribution >= 4 is 6.21 Å². The summed E-state index contributed by atoms with van der Waals surface area (Å²) in [7, 11) is 0. The molecule has 1 aromatic carbocycles. The van der Waals surface area contributed by atoms with E-state index in [0.717, 1.165) is 28.3 Å². The third-order valence-electron chi connectivity index (χ3n) is 4.02. The van der Waals surface area contributed by atoms with E-state index in [2.05, 4.69) is 56.8 Å². The van der Waals surface area contributed by atoms with Gasteiger partial charge in [-0.15, -0.1) is 10.2 Å². The molecule has 0 aliphatic rings. The zero-order valence-corrected chi connectivity index (χ0v) is 16.0. The Kier molecular flexibility index (Phi) is 4.57. The maximum absolute atomic E-state index is 10.8. The third-order valence-corrected chi connectivity index (χ3v) is 4.02. The quantitative estimate of drug-likeness (QED) is 0.845. The summed E-state index contributed by atoms with van der Waals surface area (Å²) in [5.41, 5.74) is 2.49. The lowest BCUT2D eigenvalue weighted by molar-refractivity contribution is 0.423. The first-order chi connectivity index (χ1) is 10.9. The monoisotopic (exact) mass is 328 g/mol. The molecule has 0 saturated carbocycles. The Morgan fingerprint density at radius 3 is 1.71 bits per heavy atom. The molecule has 0 radical (unpaired) electrons. The van der Waals surface area contributed by atoms with Gasteiger partial charge in [0.25, 0.3) is 0 Å². The summed E-state index contributed by atoms with van der Waals surface area (Å²) in [6.07, 6.45) is 1.80. The normalized spacial score (nSPS) is 13.0. The van der Waals surface area contributed by atoms with Gasteiger partial charge in [0.2, 0.25) is 0 Å². The highest BCUT2D eigenvalue weighted by atomic mass is 16.3. The summed E-state index contributed by atoms with van der Waals surface area (Å²) in [5, 5.41) is 23.3. The summed E-state index contributed by atoms with van der Waals surface area (Å²) < 4.78 is 1.71. The molecule has 0 fully saturated rings. The van der Waals surface area contributed by atoms with Crippen molar-refractivity contribution in [1.29, 1.82) is 0 Å². The number of aryl methyl sites for hydroxylation is 2. The van der Waals surface area contributed by atoms with Crippen LogP contribution in [0.25, 0.3) is 0 Å². The molecule has 24 heavy (non-hydrogen) atoms. The van der Waals surface area contributed by atoms with Crippen molar-refractivity contribution in [2.45, 2.75) is 66.2 Å². The van der Waals surface area contributed by atoms with E-state index in [4.69, 9.17) is 0 Å². The highest BCUT2D eigenvalue weighted by Gasteiger charge is 2.26. The highest BCUT2D eigenvalue weighted by Crippen LogP contribution is 2.39. The van der Waals surface area contributed by atoms with Crippen LogP contribution in [0.5, 0.6) is 5.75 Å². The second-order valence-corrected chi connectivity index (χ2v) is 8.32. The number of aromatic hydroxyl groups is 1. The number of hydrogen-bond donors (Lipinski definition) is 1. The van der Waals surface area contributed by atoms with Crippen LogP contribution in [0.4, 0.5) is 0 Å². The number of phenols is 1. The van der Waals surface area contributed by atoms with Crippen LogP contribution in [0.15, 0.2) is 17.2 Å². The zero-order chi connectivity index (χ0) is 18.3. The second kappa shape index (κ2) is 6.04. The topological polar surface area (TPSA) is 63.3 Å². The molecule has 0 atom stereocenters. The van der Waals surface area contributed by atoms with E-state index < -0.39 is 0 Å². The molecule has 5 nitrogen and oxygen atoms in total. The molecule has 0 aliphatic heterocycles. The second-order valence-electron chi connectivity index (χ2n) is 8.32. The van der Waals surface area contributed by atoms with Crippen LogP contribution in [-0.4, -0.2) is 26.2 Å². The predicted molar refractivity (Wildman–Crippen MR) is 98.0 cm³/mol. The fourth-order valence-corrected chi connectivity index (χ4v) is 2.63. The van der Waals surface area contributed by atoms with Gasteiger partial charge in [0.15, 0.2) is 11.6 Å². The smallest absolute Gasteiger partial charge is 0.151 e. The van der Waals surface area contributed by atoms with Crippen LogP contribution in [-0.2, 0) is 10.8 Å². The predicted octanol–water partition coefficient (Wildman–Crippen LogP) is 4.08. The first kappa shape index (κ1) is 18.2. The zero-order valence-electron chi connectivity index (χ0n) is 16.0. The molecule has 130 valence electrons. The fraction of sp³-hybridized carbons (Fsp3) is 0.526. The summed E-state index contributed by atoms with van der Waals surface area (Å²) in [5.74, 6) is 1.87. The lowest BCUT2D eigenvalue weighted by Gasteiger charge is -2.27. The Morgan fingerprint density at radius 2 is 1.33 bits per heavy atom. The van der Waals surface area contributed by atoms with Crippen LogP contribution in [0.1, 0.15) is 69.9 Å². The molecule has 0 saturated heterocycles. The molecule has 1 N–H and O–H groups in total. The van der Waals surface area contributed by atoms with Crippen LogP contribution >= 0.6 is 0 Å². The Hall–Kier alpha value is -2.17. The van der Waals surface area contributed by atoms with Gasteiger partial charge in [0, 0.05) is 11.1 Å². The number of nitrogens with zero attached hydrogens (tertiary/aromatic N) is 4. The van der Waals surface area contributed by atoms with Gasteiger partial charge < -0.3 is 5.11 Å². The van der Waals surface area contributed by atoms with Gasteiger partial charge in [-0.3, -0.25) is 0 Å². The molecule has 1 heterocycles. The summed E-state index contributed by atoms with van der Waals surface area (Å²) in [4.78, 5) is 0. The number of phenolic OH excluding ortho intramolecular Hbond substituents is 1. The van der Waals surface area contributed by atoms with E-state index in [-0.39, 0.29) is 10.8 Å². The van der Waals surface area contributed by atoms with Crippen LogP contribution in [0.3, 0.4) is 0 Å². The van der Waals surface area contributed by atoms with E-state index in [1.54, 1.807) is 10.9 Å². The van der Waals surface area contributed by atoms with Crippen molar-refractivity contribution in [3.8, 4) is 5.75 Å². The van der Waals surface area contributed by atoms with Gasteiger partial charge in [0.1, 0.15) is 5.75 Å². The fourth-order valence-electron chi connectivity index (χ4n) is 2.63. The molecule has 5 heteroatoms. The summed E-state index contributed by atoms with van der Waals surface area (Å²) >= 11 is 0. The van der Waals surface area contributed by atoms with Crippen molar-refractivity contribution in [1.82, 2.24) is 14.9 Å². The standard InChI is InChI=1S/C19H28N4O/c1-12-21-22-13(2)23(12)20-11-14-9-15(18(3,4)5)17(24)16(10-14)19(6,7)8/h9-11,24H,1-8H3/b20-11+. The molecular weight excluding hydrogens is 300 g/mol. The minimum atomic E-state index is -0.156. The Morgan fingerprint density at radius 1 is 0.917 bits per heavy atom. The molecule has 0 bridgehead atoms. The minimum Gasteiger partial charge on any atom is -0.507 e. The number of rotatable bonds is 2. The van der Waals surface area contributed by atoms with Gasteiger partial charge in [-0.25, -0.2) is 4.68 Å². The largest absolute Gasteiger partial charge is 0.507 e. The number of benzene rings is 1. The number of aromatic nitrogens is 3. The summed E-state index contributed by atoms with van der Waals surface area (Å²) in [6.45, 7) is 16.3. The van der Waals surface area contributed by atoms with Gasteiger partial charge in [0.05, 0.1) is 6.21 Å². The molecule has 0 spiro atoms. The van der Waals surface area contributed by atoms with Gasteiger partial charge in [-0.1, -0.05) is 41.5 Å². The van der Waals surface area contributed by atoms with Crippen molar-refractivity contribution in [2.75, 3.05) is 0 Å². The van der Waals surface area contributed by atoms with Gasteiger partial charge in [-0.2, -0.15) is 5.10 Å². The van der Waals surface area contributed by atoms with E-state index in [0.29, 0.717) is 5.75 Å². The maximum Gasteiger partial charge on any atom is 0.151 e. The van der Waals surface area contributed by atoms with E-state index in [9.17, 15) is 5.11 Å². The lowest BCUT2D eigenvalue weighted by Crippen LogP contribution is -2.18. The van der Waals surface area contributed by atoms with Crippen molar-refractivity contribution < 1.29 is 5.11 Å². The Bertz CT molecular complexity index is 719. The minimum absolute atomic E-state index is 0.156. The first-order valence-electron chi connectivity index (χ1n) is 8.22. The van der Waals surface area contributed by atoms with Gasteiger partial charge in [-0.05, 0) is 42.4 Å². The van der Waals surface area contributed by atoms with Crippen LogP contribution in [0.2, 0.25) is 0 Å². The number of hydrogen-bond acceptors (Lipinski definition) is 4. The van der Waals surface area contributed by atoms with Gasteiger partial charge >= 0.3 is 0 Å². The van der Waals surface area contributed by atoms with E-state index in [1.165, 1.54) is 0 Å². The van der Waals surface area contributed by atoms with Crippen molar-refractivity contribution in [3.63, 3.8) is 0 Å². The molecule has 2 aromatic rings. The molecule has 1 aromatic heterocycles. The average Bonchev–Trinajstić information content (AvgIpc) is 2.74. The van der Waals surface area contributed by atoms with Crippen molar-refractivity contribution in [3.05, 3.63) is 40.5 Å². The van der Waals surface area contributed by atoms with Crippen LogP contribution in [0, 0.1) is 13.8 Å². The third kappa shape index (κ3) is 3.66. The molecule has 0 unspecified atom stereocenters. The molecule has 0 aliphatic carbocycles. The van der Waals surface area contributed by atoms with Crippen molar-refractivity contribution in [2.24, 2.45) is 5.10 Å². The SMILES string of the molecule is Cc1nnc(C)n1/N=C/c1cc(C(C)(C)C)c(O)c(C(C)(C)C)c1. The lowest BCUT2D eigenvalue weighted by atomic mass is 9.78. The highest BCUT2D eigenvalue weighted by molar-refractivity contribution is 5.81.